The molecule has 1 aliphatic heterocycles. The van der Waals surface area contributed by atoms with Gasteiger partial charge in [-0.3, -0.25) is 9.48 Å². The van der Waals surface area contributed by atoms with E-state index in [9.17, 15) is 18.0 Å². The van der Waals surface area contributed by atoms with Gasteiger partial charge in [0.2, 0.25) is 5.91 Å². The highest BCUT2D eigenvalue weighted by atomic mass is 19.4. The number of aromatic nitrogens is 2. The molecule has 1 atom stereocenters. The van der Waals surface area contributed by atoms with E-state index in [1.165, 1.54) is 4.68 Å². The molecule has 0 bridgehead atoms. The van der Waals surface area contributed by atoms with E-state index in [1.807, 2.05) is 0 Å². The summed E-state index contributed by atoms with van der Waals surface area (Å²) in [5, 5.41) is 6.33. The zero-order valence-corrected chi connectivity index (χ0v) is 14.3. The highest BCUT2D eigenvalue weighted by molar-refractivity contribution is 5.77. The van der Waals surface area contributed by atoms with Crippen molar-refractivity contribution in [1.29, 1.82) is 0 Å². The molecule has 7 nitrogen and oxygen atoms in total. The lowest BCUT2D eigenvalue weighted by atomic mass is 9.95. The first kappa shape index (κ1) is 17.7. The molecule has 2 aromatic heterocycles. The standard InChI is InChI=1S/C17H18F3N5O2/c18-17(19,20)16-10-4-1-2-5-12(10)25(24-16)9-15(26)21-14-8-11(22-23-14)13-6-3-7-27-13/h3,6-8,11,22-23H,1-2,4-5,9H2,(H,21,26). The van der Waals surface area contributed by atoms with Gasteiger partial charge in [-0.2, -0.15) is 18.3 Å². The van der Waals surface area contributed by atoms with E-state index in [2.05, 4.69) is 21.3 Å². The average Bonchev–Trinajstić information content (AvgIpc) is 3.33. The largest absolute Gasteiger partial charge is 0.467 e. The van der Waals surface area contributed by atoms with Gasteiger partial charge in [-0.05, 0) is 43.9 Å². The van der Waals surface area contributed by atoms with Crippen molar-refractivity contribution < 1.29 is 22.4 Å². The third kappa shape index (κ3) is 3.57. The van der Waals surface area contributed by atoms with Crippen LogP contribution in [0.4, 0.5) is 13.2 Å². The summed E-state index contributed by atoms with van der Waals surface area (Å²) in [6.45, 7) is -0.275. The van der Waals surface area contributed by atoms with Gasteiger partial charge < -0.3 is 15.2 Å². The monoisotopic (exact) mass is 381 g/mol. The summed E-state index contributed by atoms with van der Waals surface area (Å²) in [4.78, 5) is 12.3. The van der Waals surface area contributed by atoms with E-state index in [0.29, 0.717) is 36.5 Å². The number of alkyl halides is 3. The fraction of sp³-hybridized carbons (Fsp3) is 0.412. The van der Waals surface area contributed by atoms with Crippen LogP contribution in [0.3, 0.4) is 0 Å². The van der Waals surface area contributed by atoms with Crippen LogP contribution in [-0.2, 0) is 30.4 Å². The smallest absolute Gasteiger partial charge is 0.435 e. The van der Waals surface area contributed by atoms with E-state index >= 15 is 0 Å². The summed E-state index contributed by atoms with van der Waals surface area (Å²) < 4.78 is 46.1. The molecular formula is C17H18F3N5O2. The number of halogens is 3. The maximum Gasteiger partial charge on any atom is 0.435 e. The molecule has 0 spiro atoms. The van der Waals surface area contributed by atoms with E-state index < -0.39 is 17.8 Å². The van der Waals surface area contributed by atoms with Crippen LogP contribution in [0.5, 0.6) is 0 Å². The minimum Gasteiger partial charge on any atom is -0.467 e. The molecule has 10 heteroatoms. The van der Waals surface area contributed by atoms with Crippen LogP contribution < -0.4 is 16.2 Å². The fourth-order valence-corrected chi connectivity index (χ4v) is 3.45. The highest BCUT2D eigenvalue weighted by Gasteiger charge is 2.39. The Kier molecular flexibility index (Phi) is 4.42. The normalized spacial score (nSPS) is 19.4. The van der Waals surface area contributed by atoms with Gasteiger partial charge in [0.15, 0.2) is 5.69 Å². The summed E-state index contributed by atoms with van der Waals surface area (Å²) in [7, 11) is 0. The molecule has 2 aliphatic rings. The number of hydrogen-bond acceptors (Lipinski definition) is 5. The molecule has 0 aromatic carbocycles. The Morgan fingerprint density at radius 3 is 2.93 bits per heavy atom. The number of furan rings is 1. The van der Waals surface area contributed by atoms with Crippen LogP contribution >= 0.6 is 0 Å². The van der Waals surface area contributed by atoms with Gasteiger partial charge >= 0.3 is 6.18 Å². The minimum absolute atomic E-state index is 0.222. The lowest BCUT2D eigenvalue weighted by molar-refractivity contribution is -0.142. The van der Waals surface area contributed by atoms with Crippen LogP contribution in [0.25, 0.3) is 0 Å². The van der Waals surface area contributed by atoms with Gasteiger partial charge in [0.1, 0.15) is 24.2 Å². The number of carbonyl (C=O) groups excluding carboxylic acids is 1. The first-order valence-corrected chi connectivity index (χ1v) is 8.64. The Morgan fingerprint density at radius 1 is 1.37 bits per heavy atom. The van der Waals surface area contributed by atoms with Crippen molar-refractivity contribution in [2.24, 2.45) is 0 Å². The van der Waals surface area contributed by atoms with Crippen molar-refractivity contribution in [2.75, 3.05) is 0 Å². The molecule has 1 amide bonds. The molecule has 0 saturated heterocycles. The van der Waals surface area contributed by atoms with Gasteiger partial charge in [0.25, 0.3) is 0 Å². The molecule has 1 aliphatic carbocycles. The molecule has 3 N–H and O–H groups in total. The van der Waals surface area contributed by atoms with Crippen LogP contribution in [0, 0.1) is 0 Å². The molecule has 4 rings (SSSR count). The second kappa shape index (κ2) is 6.76. The molecule has 27 heavy (non-hydrogen) atoms. The number of rotatable bonds is 4. The number of hydrogen-bond donors (Lipinski definition) is 3. The number of carbonyl (C=O) groups is 1. The first-order valence-electron chi connectivity index (χ1n) is 8.64. The van der Waals surface area contributed by atoms with E-state index in [0.717, 1.165) is 6.42 Å². The quantitative estimate of drug-likeness (QED) is 0.756. The third-order valence-corrected chi connectivity index (χ3v) is 4.64. The van der Waals surface area contributed by atoms with Crippen molar-refractivity contribution in [3.05, 3.63) is 53.0 Å². The van der Waals surface area contributed by atoms with Crippen molar-refractivity contribution in [3.8, 4) is 0 Å². The van der Waals surface area contributed by atoms with Crippen LogP contribution in [0.15, 0.2) is 34.7 Å². The molecule has 0 saturated carbocycles. The van der Waals surface area contributed by atoms with E-state index in [1.54, 1.807) is 24.5 Å². The number of nitrogens with zero attached hydrogens (tertiary/aromatic N) is 2. The summed E-state index contributed by atoms with van der Waals surface area (Å²) in [6.07, 6.45) is 1.07. The van der Waals surface area contributed by atoms with Gasteiger partial charge in [-0.25, -0.2) is 5.43 Å². The Balaban J connectivity index is 1.47. The molecule has 0 radical (unpaired) electrons. The zero-order chi connectivity index (χ0) is 19.0. The molecular weight excluding hydrogens is 363 g/mol. The van der Waals surface area contributed by atoms with Gasteiger partial charge in [-0.1, -0.05) is 0 Å². The predicted molar refractivity (Wildman–Crippen MR) is 87.8 cm³/mol. The van der Waals surface area contributed by atoms with Crippen molar-refractivity contribution in [1.82, 2.24) is 25.9 Å². The SMILES string of the molecule is O=C(Cn1nc(C(F)(F)F)c2c1CCCC2)NC1=CC(c2ccco2)NN1. The van der Waals surface area contributed by atoms with E-state index in [-0.39, 0.29) is 18.2 Å². The van der Waals surface area contributed by atoms with Crippen molar-refractivity contribution >= 4 is 5.91 Å². The molecule has 1 unspecified atom stereocenters. The Morgan fingerprint density at radius 2 is 2.19 bits per heavy atom. The molecule has 2 aromatic rings. The lowest BCUT2D eigenvalue weighted by Gasteiger charge is -2.14. The highest BCUT2D eigenvalue weighted by Crippen LogP contribution is 2.35. The number of fused-ring (bicyclic) bond motifs is 1. The second-order valence-corrected chi connectivity index (χ2v) is 6.53. The Hall–Kier alpha value is -2.75. The second-order valence-electron chi connectivity index (χ2n) is 6.53. The van der Waals surface area contributed by atoms with Crippen LogP contribution in [-0.4, -0.2) is 15.7 Å². The Bertz CT molecular complexity index is 870. The first-order chi connectivity index (χ1) is 12.9. The van der Waals surface area contributed by atoms with Crippen LogP contribution in [0.2, 0.25) is 0 Å². The lowest BCUT2D eigenvalue weighted by Crippen LogP contribution is -2.36. The Labute approximate surface area is 152 Å². The predicted octanol–water partition coefficient (Wildman–Crippen LogP) is 2.18. The zero-order valence-electron chi connectivity index (χ0n) is 14.3. The summed E-state index contributed by atoms with van der Waals surface area (Å²) in [6, 6.07) is 3.29. The average molecular weight is 381 g/mol. The molecule has 0 fully saturated rings. The van der Waals surface area contributed by atoms with Crippen LogP contribution in [0.1, 0.15) is 41.6 Å². The number of hydrazine groups is 1. The minimum atomic E-state index is -4.52. The van der Waals surface area contributed by atoms with Gasteiger partial charge in [-0.15, -0.1) is 0 Å². The van der Waals surface area contributed by atoms with Crippen molar-refractivity contribution in [2.45, 2.75) is 44.4 Å². The maximum absolute atomic E-state index is 13.2. The summed E-state index contributed by atoms with van der Waals surface area (Å²) >= 11 is 0. The molecule has 144 valence electrons. The van der Waals surface area contributed by atoms with Crippen molar-refractivity contribution in [3.63, 3.8) is 0 Å². The topological polar surface area (TPSA) is 84.1 Å². The fourth-order valence-electron chi connectivity index (χ4n) is 3.45. The van der Waals surface area contributed by atoms with Gasteiger partial charge in [0.05, 0.1) is 6.26 Å². The number of nitrogens with one attached hydrogen (secondary N) is 3. The maximum atomic E-state index is 13.2. The summed E-state index contributed by atoms with van der Waals surface area (Å²) in [5.74, 6) is 0.626. The third-order valence-electron chi connectivity index (χ3n) is 4.64. The number of amides is 1. The van der Waals surface area contributed by atoms with E-state index in [4.69, 9.17) is 4.42 Å². The van der Waals surface area contributed by atoms with Gasteiger partial charge in [0, 0.05) is 11.3 Å². The summed E-state index contributed by atoms with van der Waals surface area (Å²) in [5.41, 5.74) is 5.60. The molecule has 3 heterocycles.